The van der Waals surface area contributed by atoms with Crippen molar-refractivity contribution in [3.8, 4) is 11.5 Å². The molecule has 158 valence electrons. The summed E-state index contributed by atoms with van der Waals surface area (Å²) in [5.74, 6) is -1.68. The molecule has 1 saturated heterocycles. The Bertz CT molecular complexity index is 1210. The number of benzene rings is 2. The SMILES string of the molecule is COc1ccc(C)cc1/C(O)=C1/C(=O)C(=O)N(c2cc(C)ccc2O)C1c1cccs1. The van der Waals surface area contributed by atoms with Gasteiger partial charge in [0.1, 0.15) is 23.3 Å². The molecule has 1 fully saturated rings. The van der Waals surface area contributed by atoms with Gasteiger partial charge in [0.2, 0.25) is 0 Å². The lowest BCUT2D eigenvalue weighted by Crippen LogP contribution is -2.29. The number of aromatic hydroxyl groups is 1. The van der Waals surface area contributed by atoms with Gasteiger partial charge < -0.3 is 14.9 Å². The third-order valence-corrected chi connectivity index (χ3v) is 6.18. The van der Waals surface area contributed by atoms with E-state index < -0.39 is 17.7 Å². The second kappa shape index (κ2) is 7.92. The van der Waals surface area contributed by atoms with Gasteiger partial charge in [-0.1, -0.05) is 23.8 Å². The number of ketones is 1. The predicted octanol–water partition coefficient (Wildman–Crippen LogP) is 4.71. The number of methoxy groups -OCH3 is 1. The molecule has 7 heteroatoms. The number of aliphatic hydroxyl groups is 1. The third-order valence-electron chi connectivity index (χ3n) is 5.26. The number of hydrogen-bond donors (Lipinski definition) is 2. The highest BCUT2D eigenvalue weighted by Crippen LogP contribution is 2.46. The number of hydrogen-bond acceptors (Lipinski definition) is 6. The van der Waals surface area contributed by atoms with Gasteiger partial charge in [-0.2, -0.15) is 0 Å². The van der Waals surface area contributed by atoms with Gasteiger partial charge in [-0.15, -0.1) is 11.3 Å². The molecular formula is C24H21NO5S. The molecule has 0 aliphatic carbocycles. The normalized spacial score (nSPS) is 17.9. The molecule has 2 heterocycles. The summed E-state index contributed by atoms with van der Waals surface area (Å²) in [6.07, 6.45) is 0. The van der Waals surface area contributed by atoms with Crippen molar-refractivity contribution in [2.24, 2.45) is 0 Å². The van der Waals surface area contributed by atoms with Crippen LogP contribution < -0.4 is 9.64 Å². The fourth-order valence-corrected chi connectivity index (χ4v) is 4.60. The van der Waals surface area contributed by atoms with Gasteiger partial charge in [0.05, 0.1) is 23.9 Å². The Morgan fingerprint density at radius 3 is 2.45 bits per heavy atom. The van der Waals surface area contributed by atoms with Gasteiger partial charge >= 0.3 is 0 Å². The number of rotatable bonds is 4. The van der Waals surface area contributed by atoms with Gasteiger partial charge in [0.15, 0.2) is 0 Å². The van der Waals surface area contributed by atoms with E-state index >= 15 is 0 Å². The second-order valence-corrected chi connectivity index (χ2v) is 8.36. The van der Waals surface area contributed by atoms with Crippen molar-refractivity contribution in [2.75, 3.05) is 12.0 Å². The molecule has 0 bridgehead atoms. The summed E-state index contributed by atoms with van der Waals surface area (Å²) >= 11 is 1.36. The molecule has 1 aliphatic heterocycles. The van der Waals surface area contributed by atoms with E-state index in [0.29, 0.717) is 16.2 Å². The molecule has 1 unspecified atom stereocenters. The molecule has 0 radical (unpaired) electrons. The van der Waals surface area contributed by atoms with Crippen LogP contribution in [-0.2, 0) is 9.59 Å². The van der Waals surface area contributed by atoms with E-state index in [4.69, 9.17) is 4.74 Å². The summed E-state index contributed by atoms with van der Waals surface area (Å²) in [6, 6.07) is 12.8. The molecule has 2 aromatic carbocycles. The first-order valence-corrected chi connectivity index (χ1v) is 10.5. The van der Waals surface area contributed by atoms with Crippen LogP contribution in [0.1, 0.15) is 27.6 Å². The lowest BCUT2D eigenvalue weighted by molar-refractivity contribution is -0.132. The van der Waals surface area contributed by atoms with Gasteiger partial charge in [0.25, 0.3) is 11.7 Å². The van der Waals surface area contributed by atoms with E-state index in [-0.39, 0.29) is 22.8 Å². The number of nitrogens with zero attached hydrogens (tertiary/aromatic N) is 1. The van der Waals surface area contributed by atoms with Crippen molar-refractivity contribution >= 4 is 34.5 Å². The molecule has 1 amide bonds. The molecule has 4 rings (SSSR count). The molecule has 31 heavy (non-hydrogen) atoms. The van der Waals surface area contributed by atoms with Crippen LogP contribution in [-0.4, -0.2) is 29.0 Å². The average Bonchev–Trinajstić information content (AvgIpc) is 3.36. The van der Waals surface area contributed by atoms with Crippen LogP contribution in [0.3, 0.4) is 0 Å². The number of ether oxygens (including phenoxy) is 1. The zero-order valence-electron chi connectivity index (χ0n) is 17.2. The van der Waals surface area contributed by atoms with Crippen molar-refractivity contribution in [1.82, 2.24) is 0 Å². The summed E-state index contributed by atoms with van der Waals surface area (Å²) < 4.78 is 5.37. The van der Waals surface area contributed by atoms with Gasteiger partial charge in [-0.25, -0.2) is 0 Å². The number of carbonyl (C=O) groups excluding carboxylic acids is 2. The van der Waals surface area contributed by atoms with Crippen LogP contribution in [0.2, 0.25) is 0 Å². The Labute approximate surface area is 183 Å². The Balaban J connectivity index is 1.99. The number of Topliss-reactive ketones (excluding diaryl/α,β-unsaturated/α-hetero) is 1. The summed E-state index contributed by atoms with van der Waals surface area (Å²) in [5.41, 5.74) is 2.18. The molecule has 3 aromatic rings. The lowest BCUT2D eigenvalue weighted by atomic mass is 9.98. The number of carbonyl (C=O) groups is 2. The highest BCUT2D eigenvalue weighted by Gasteiger charge is 2.48. The van der Waals surface area contributed by atoms with Crippen LogP contribution in [0.25, 0.3) is 5.76 Å². The molecule has 0 saturated carbocycles. The average molecular weight is 436 g/mol. The van der Waals surface area contributed by atoms with Crippen molar-refractivity contribution in [2.45, 2.75) is 19.9 Å². The van der Waals surface area contributed by atoms with Crippen LogP contribution in [0.4, 0.5) is 5.69 Å². The minimum absolute atomic E-state index is 0.0442. The fourth-order valence-electron chi connectivity index (χ4n) is 3.78. The topological polar surface area (TPSA) is 87.1 Å². The Morgan fingerprint density at radius 2 is 1.77 bits per heavy atom. The quantitative estimate of drug-likeness (QED) is 0.352. The van der Waals surface area contributed by atoms with Crippen LogP contribution in [0, 0.1) is 13.8 Å². The highest BCUT2D eigenvalue weighted by molar-refractivity contribution is 7.10. The molecule has 6 nitrogen and oxygen atoms in total. The van der Waals surface area contributed by atoms with Crippen LogP contribution in [0.5, 0.6) is 11.5 Å². The molecular weight excluding hydrogens is 414 g/mol. The van der Waals surface area contributed by atoms with Gasteiger partial charge in [-0.05, 0) is 55.1 Å². The monoisotopic (exact) mass is 435 g/mol. The number of amides is 1. The van der Waals surface area contributed by atoms with Crippen molar-refractivity contribution in [3.63, 3.8) is 0 Å². The number of anilines is 1. The predicted molar refractivity (Wildman–Crippen MR) is 120 cm³/mol. The van der Waals surface area contributed by atoms with Gasteiger partial charge in [-0.3, -0.25) is 14.5 Å². The molecule has 1 aliphatic rings. The molecule has 1 aromatic heterocycles. The van der Waals surface area contributed by atoms with Crippen molar-refractivity contribution in [1.29, 1.82) is 0 Å². The lowest BCUT2D eigenvalue weighted by Gasteiger charge is -2.25. The summed E-state index contributed by atoms with van der Waals surface area (Å²) in [4.78, 5) is 28.2. The van der Waals surface area contributed by atoms with E-state index in [9.17, 15) is 19.8 Å². The number of phenols is 1. The maximum Gasteiger partial charge on any atom is 0.300 e. The zero-order valence-corrected chi connectivity index (χ0v) is 18.1. The summed E-state index contributed by atoms with van der Waals surface area (Å²) in [6.45, 7) is 3.69. The standard InChI is InChI=1S/C24H21NO5S/c1-13-7-9-18(30-3)15(11-13)22(27)20-21(19-5-4-10-31-19)25(24(29)23(20)28)16-12-14(2)6-8-17(16)26/h4-12,21,26-27H,1-3H3/b22-20-. The number of thiophene rings is 1. The van der Waals surface area contributed by atoms with E-state index in [1.54, 1.807) is 30.3 Å². The first-order chi connectivity index (χ1) is 14.8. The van der Waals surface area contributed by atoms with Crippen molar-refractivity contribution in [3.05, 3.63) is 81.1 Å². The minimum atomic E-state index is -0.877. The van der Waals surface area contributed by atoms with E-state index in [2.05, 4.69) is 0 Å². The van der Waals surface area contributed by atoms with Crippen LogP contribution in [0.15, 0.2) is 59.5 Å². The van der Waals surface area contributed by atoms with Gasteiger partial charge in [0, 0.05) is 4.88 Å². The second-order valence-electron chi connectivity index (χ2n) is 7.38. The zero-order chi connectivity index (χ0) is 22.3. The smallest absolute Gasteiger partial charge is 0.300 e. The maximum atomic E-state index is 13.2. The Morgan fingerprint density at radius 1 is 1.06 bits per heavy atom. The number of aryl methyl sites for hydroxylation is 2. The fraction of sp³-hybridized carbons (Fsp3) is 0.167. The minimum Gasteiger partial charge on any atom is -0.507 e. The first-order valence-electron chi connectivity index (χ1n) is 9.62. The number of phenolic OH excluding ortho intramolecular Hbond substituents is 1. The summed E-state index contributed by atoms with van der Waals surface area (Å²) in [5, 5.41) is 23.6. The highest BCUT2D eigenvalue weighted by atomic mass is 32.1. The molecule has 0 spiro atoms. The largest absolute Gasteiger partial charge is 0.507 e. The van der Waals surface area contributed by atoms with E-state index in [1.807, 2.05) is 31.4 Å². The Hall–Kier alpha value is -3.58. The molecule has 2 N–H and O–H groups in total. The number of aliphatic hydroxyl groups excluding tert-OH is 1. The maximum absolute atomic E-state index is 13.2. The van der Waals surface area contributed by atoms with E-state index in [0.717, 1.165) is 11.1 Å². The van der Waals surface area contributed by atoms with Crippen molar-refractivity contribution < 1.29 is 24.5 Å². The third kappa shape index (κ3) is 3.47. The first kappa shape index (κ1) is 20.7. The van der Waals surface area contributed by atoms with E-state index in [1.165, 1.54) is 29.4 Å². The Kier molecular flexibility index (Phi) is 5.29. The van der Waals surface area contributed by atoms with Crippen LogP contribution >= 0.6 is 11.3 Å². The molecule has 1 atom stereocenters. The summed E-state index contributed by atoms with van der Waals surface area (Å²) in [7, 11) is 1.47.